The molecule has 0 bridgehead atoms. The molecule has 3 nitrogen and oxygen atoms in total. The average Bonchev–Trinajstić information content (AvgIpc) is 2.87. The maximum absolute atomic E-state index is 3.31. The molecule has 0 radical (unpaired) electrons. The molecule has 1 aromatic rings. The van der Waals surface area contributed by atoms with Gasteiger partial charge in [-0.1, -0.05) is 18.6 Å². The number of piperidine rings is 1. The van der Waals surface area contributed by atoms with E-state index in [9.17, 15) is 0 Å². The van der Waals surface area contributed by atoms with E-state index in [4.69, 9.17) is 0 Å². The second-order valence-corrected chi connectivity index (χ2v) is 6.65. The molecule has 2 aliphatic heterocycles. The van der Waals surface area contributed by atoms with Crippen LogP contribution in [0.1, 0.15) is 36.8 Å². The zero-order valence-electron chi connectivity index (χ0n) is 13.6. The summed E-state index contributed by atoms with van der Waals surface area (Å²) >= 11 is 0. The van der Waals surface area contributed by atoms with Crippen molar-refractivity contribution < 1.29 is 0 Å². The third-order valence-corrected chi connectivity index (χ3v) is 5.13. The molecule has 21 heavy (non-hydrogen) atoms. The first-order chi connectivity index (χ1) is 10.3. The van der Waals surface area contributed by atoms with Crippen LogP contribution in [0.5, 0.6) is 0 Å². The highest BCUT2D eigenvalue weighted by molar-refractivity contribution is 5.58. The van der Waals surface area contributed by atoms with E-state index in [0.29, 0.717) is 0 Å². The van der Waals surface area contributed by atoms with Gasteiger partial charge in [0.15, 0.2) is 0 Å². The fourth-order valence-corrected chi connectivity index (χ4v) is 3.86. The van der Waals surface area contributed by atoms with Crippen molar-refractivity contribution >= 4 is 5.69 Å². The van der Waals surface area contributed by atoms with Gasteiger partial charge in [-0.25, -0.2) is 0 Å². The lowest BCUT2D eigenvalue weighted by atomic mass is 9.98. The Morgan fingerprint density at radius 3 is 3.00 bits per heavy atom. The van der Waals surface area contributed by atoms with Crippen molar-refractivity contribution in [2.45, 2.75) is 44.7 Å². The SMILES string of the molecule is CNCCC1CCCCN1Cc1ccc2c(c1)CCN2C. The Kier molecular flexibility index (Phi) is 4.81. The number of rotatable bonds is 5. The number of hydrogen-bond acceptors (Lipinski definition) is 3. The predicted octanol–water partition coefficient (Wildman–Crippen LogP) is 2.64. The lowest BCUT2D eigenvalue weighted by Gasteiger charge is -2.36. The van der Waals surface area contributed by atoms with Crippen LogP contribution in [0.3, 0.4) is 0 Å². The number of benzene rings is 1. The summed E-state index contributed by atoms with van der Waals surface area (Å²) in [5.74, 6) is 0. The van der Waals surface area contributed by atoms with Gasteiger partial charge in [0, 0.05) is 31.9 Å². The minimum atomic E-state index is 0.766. The van der Waals surface area contributed by atoms with Crippen molar-refractivity contribution in [1.82, 2.24) is 10.2 Å². The number of fused-ring (bicyclic) bond motifs is 1. The Morgan fingerprint density at radius 2 is 2.14 bits per heavy atom. The standard InChI is InChI=1S/C18H29N3/c1-19-10-8-17-5-3-4-11-21(17)14-15-6-7-18-16(13-15)9-12-20(18)2/h6-7,13,17,19H,3-5,8-12,14H2,1-2H3. The maximum Gasteiger partial charge on any atom is 0.0397 e. The molecule has 3 rings (SSSR count). The molecule has 0 saturated carbocycles. The summed E-state index contributed by atoms with van der Waals surface area (Å²) in [6.45, 7) is 4.71. The molecule has 1 atom stereocenters. The van der Waals surface area contributed by atoms with Gasteiger partial charge in [0.2, 0.25) is 0 Å². The van der Waals surface area contributed by atoms with E-state index in [1.807, 2.05) is 0 Å². The zero-order chi connectivity index (χ0) is 14.7. The van der Waals surface area contributed by atoms with Gasteiger partial charge in [-0.05, 0) is 63.0 Å². The Hall–Kier alpha value is -1.06. The summed E-state index contributed by atoms with van der Waals surface area (Å²) in [6.07, 6.45) is 6.63. The molecular formula is C18H29N3. The van der Waals surface area contributed by atoms with Crippen LogP contribution in [0.4, 0.5) is 5.69 Å². The van der Waals surface area contributed by atoms with E-state index in [2.05, 4.69) is 47.4 Å². The number of anilines is 1. The van der Waals surface area contributed by atoms with Crippen molar-refractivity contribution in [1.29, 1.82) is 0 Å². The van der Waals surface area contributed by atoms with Crippen LogP contribution in [0.25, 0.3) is 0 Å². The number of likely N-dealkylation sites (tertiary alicyclic amines) is 1. The topological polar surface area (TPSA) is 18.5 Å². The number of nitrogens with zero attached hydrogens (tertiary/aromatic N) is 2. The summed E-state index contributed by atoms with van der Waals surface area (Å²) < 4.78 is 0. The molecule has 1 unspecified atom stereocenters. The quantitative estimate of drug-likeness (QED) is 0.898. The number of likely N-dealkylation sites (N-methyl/N-ethyl adjacent to an activating group) is 1. The fraction of sp³-hybridized carbons (Fsp3) is 0.667. The van der Waals surface area contributed by atoms with Crippen molar-refractivity contribution in [2.24, 2.45) is 0 Å². The Morgan fingerprint density at radius 1 is 1.24 bits per heavy atom. The van der Waals surface area contributed by atoms with E-state index in [1.165, 1.54) is 56.4 Å². The molecule has 0 amide bonds. The van der Waals surface area contributed by atoms with Crippen LogP contribution in [-0.2, 0) is 13.0 Å². The van der Waals surface area contributed by atoms with Crippen LogP contribution in [0.2, 0.25) is 0 Å². The molecular weight excluding hydrogens is 258 g/mol. The summed E-state index contributed by atoms with van der Waals surface area (Å²) in [5.41, 5.74) is 4.48. The van der Waals surface area contributed by atoms with Gasteiger partial charge in [-0.15, -0.1) is 0 Å². The lowest BCUT2D eigenvalue weighted by molar-refractivity contribution is 0.132. The monoisotopic (exact) mass is 287 g/mol. The largest absolute Gasteiger partial charge is 0.374 e. The molecule has 0 spiro atoms. The Bertz CT molecular complexity index is 472. The fourth-order valence-electron chi connectivity index (χ4n) is 3.86. The van der Waals surface area contributed by atoms with Crippen molar-refractivity contribution in [2.75, 3.05) is 38.6 Å². The van der Waals surface area contributed by atoms with Gasteiger partial charge in [-0.3, -0.25) is 4.90 Å². The van der Waals surface area contributed by atoms with Gasteiger partial charge >= 0.3 is 0 Å². The third kappa shape index (κ3) is 3.41. The van der Waals surface area contributed by atoms with Crippen LogP contribution in [0.15, 0.2) is 18.2 Å². The van der Waals surface area contributed by atoms with Crippen LogP contribution < -0.4 is 10.2 Å². The molecule has 2 heterocycles. The molecule has 2 aliphatic rings. The van der Waals surface area contributed by atoms with Crippen molar-refractivity contribution in [3.8, 4) is 0 Å². The Balaban J connectivity index is 1.67. The second-order valence-electron chi connectivity index (χ2n) is 6.65. The van der Waals surface area contributed by atoms with Gasteiger partial charge in [0.25, 0.3) is 0 Å². The molecule has 3 heteroatoms. The predicted molar refractivity (Wildman–Crippen MR) is 90.0 cm³/mol. The highest BCUT2D eigenvalue weighted by Gasteiger charge is 2.23. The van der Waals surface area contributed by atoms with Crippen LogP contribution in [0, 0.1) is 0 Å². The van der Waals surface area contributed by atoms with Crippen molar-refractivity contribution in [3.63, 3.8) is 0 Å². The summed E-state index contributed by atoms with van der Waals surface area (Å²) in [7, 11) is 4.26. The highest BCUT2D eigenvalue weighted by Crippen LogP contribution is 2.29. The first kappa shape index (κ1) is 14.9. The maximum atomic E-state index is 3.31. The van der Waals surface area contributed by atoms with Gasteiger partial charge < -0.3 is 10.2 Å². The smallest absolute Gasteiger partial charge is 0.0397 e. The molecule has 116 valence electrons. The van der Waals surface area contributed by atoms with Crippen molar-refractivity contribution in [3.05, 3.63) is 29.3 Å². The molecule has 0 aromatic heterocycles. The molecule has 1 saturated heterocycles. The van der Waals surface area contributed by atoms with Gasteiger partial charge in [0.1, 0.15) is 0 Å². The third-order valence-electron chi connectivity index (χ3n) is 5.13. The minimum absolute atomic E-state index is 0.766. The van der Waals surface area contributed by atoms with E-state index >= 15 is 0 Å². The Labute approximate surface area is 129 Å². The minimum Gasteiger partial charge on any atom is -0.374 e. The average molecular weight is 287 g/mol. The van der Waals surface area contributed by atoms with Crippen LogP contribution >= 0.6 is 0 Å². The molecule has 1 fully saturated rings. The molecule has 1 N–H and O–H groups in total. The van der Waals surface area contributed by atoms with E-state index in [1.54, 1.807) is 5.56 Å². The van der Waals surface area contributed by atoms with E-state index in [-0.39, 0.29) is 0 Å². The van der Waals surface area contributed by atoms with E-state index in [0.717, 1.165) is 19.1 Å². The van der Waals surface area contributed by atoms with Gasteiger partial charge in [-0.2, -0.15) is 0 Å². The highest BCUT2D eigenvalue weighted by atomic mass is 15.2. The summed E-state index contributed by atoms with van der Waals surface area (Å²) in [6, 6.07) is 7.87. The first-order valence-electron chi connectivity index (χ1n) is 8.49. The zero-order valence-corrected chi connectivity index (χ0v) is 13.6. The lowest BCUT2D eigenvalue weighted by Crippen LogP contribution is -2.40. The second kappa shape index (κ2) is 6.80. The normalized spacial score (nSPS) is 22.6. The summed E-state index contributed by atoms with van der Waals surface area (Å²) in [5, 5.41) is 3.31. The molecule has 0 aliphatic carbocycles. The van der Waals surface area contributed by atoms with Gasteiger partial charge in [0.05, 0.1) is 0 Å². The number of nitrogens with one attached hydrogen (secondary N) is 1. The first-order valence-corrected chi connectivity index (χ1v) is 8.49. The van der Waals surface area contributed by atoms with E-state index < -0.39 is 0 Å². The van der Waals surface area contributed by atoms with Crippen LogP contribution in [-0.4, -0.2) is 44.7 Å². The summed E-state index contributed by atoms with van der Waals surface area (Å²) in [4.78, 5) is 5.08. The molecule has 1 aromatic carbocycles. The number of hydrogen-bond donors (Lipinski definition) is 1.